The Morgan fingerprint density at radius 2 is 1.77 bits per heavy atom. The Morgan fingerprint density at radius 3 is 2.53 bits per heavy atom. The van der Waals surface area contributed by atoms with Crippen LogP contribution in [0.1, 0.15) is 56.9 Å². The first-order valence-electron chi connectivity index (χ1n) is 10.6. The summed E-state index contributed by atoms with van der Waals surface area (Å²) in [5.74, 6) is -0.0170. The number of anilines is 1. The molecule has 30 heavy (non-hydrogen) atoms. The number of aryl methyl sites for hydroxylation is 1. The maximum atomic E-state index is 12.2. The van der Waals surface area contributed by atoms with E-state index in [1.165, 1.54) is 30.1 Å². The molecule has 1 heterocycles. The van der Waals surface area contributed by atoms with Crippen molar-refractivity contribution in [3.05, 3.63) is 54.6 Å². The average Bonchev–Trinajstić information content (AvgIpc) is 3.13. The number of amides is 1. The predicted molar refractivity (Wildman–Crippen MR) is 121 cm³/mol. The minimum Gasteiger partial charge on any atom is -0.506 e. The second kappa shape index (κ2) is 10.6. The number of rotatable bonds is 11. The zero-order valence-corrected chi connectivity index (χ0v) is 17.6. The number of phenolic OH excluding ortho intramolecular Hbond substituents is 1. The summed E-state index contributed by atoms with van der Waals surface area (Å²) in [6.45, 7) is 5.73. The number of benzene rings is 2. The summed E-state index contributed by atoms with van der Waals surface area (Å²) in [4.78, 5) is 13.6. The van der Waals surface area contributed by atoms with E-state index in [0.29, 0.717) is 17.8 Å². The number of carbonyl (C=O) groups is 1. The molecule has 0 saturated heterocycles. The van der Waals surface area contributed by atoms with Crippen molar-refractivity contribution in [1.29, 1.82) is 0 Å². The van der Waals surface area contributed by atoms with Gasteiger partial charge in [0.25, 0.3) is 0 Å². The van der Waals surface area contributed by atoms with Gasteiger partial charge >= 0.3 is 0 Å². The molecule has 2 aromatic carbocycles. The van der Waals surface area contributed by atoms with Crippen molar-refractivity contribution in [3.8, 4) is 11.4 Å². The van der Waals surface area contributed by atoms with E-state index in [1.54, 1.807) is 12.1 Å². The average molecular weight is 407 g/mol. The third-order valence-electron chi connectivity index (χ3n) is 5.07. The zero-order chi connectivity index (χ0) is 21.3. The van der Waals surface area contributed by atoms with Crippen LogP contribution in [0.5, 0.6) is 5.75 Å². The molecule has 0 atom stereocenters. The van der Waals surface area contributed by atoms with E-state index in [1.807, 2.05) is 31.2 Å². The van der Waals surface area contributed by atoms with Crippen LogP contribution < -0.4 is 5.32 Å². The first kappa shape index (κ1) is 21.6. The predicted octanol–water partition coefficient (Wildman–Crippen LogP) is 5.68. The minimum absolute atomic E-state index is 0.0179. The molecule has 0 bridgehead atoms. The van der Waals surface area contributed by atoms with Crippen LogP contribution in [-0.2, 0) is 4.79 Å². The molecule has 0 radical (unpaired) electrons. The number of hydrogen-bond acceptors (Lipinski definition) is 4. The van der Waals surface area contributed by atoms with E-state index in [2.05, 4.69) is 22.1 Å². The van der Waals surface area contributed by atoms with E-state index in [4.69, 9.17) is 0 Å². The lowest BCUT2D eigenvalue weighted by Crippen LogP contribution is -2.11. The Balaban J connectivity index is 1.50. The molecule has 0 saturated carbocycles. The van der Waals surface area contributed by atoms with Crippen molar-refractivity contribution >= 4 is 22.6 Å². The number of carbonyl (C=O) groups excluding carboxylic acids is 1. The molecule has 158 valence electrons. The molecule has 0 spiro atoms. The fourth-order valence-electron chi connectivity index (χ4n) is 3.41. The fourth-order valence-corrected chi connectivity index (χ4v) is 3.41. The summed E-state index contributed by atoms with van der Waals surface area (Å²) in [6, 6.07) is 10.8. The molecule has 0 aliphatic heterocycles. The number of phenols is 1. The van der Waals surface area contributed by atoms with E-state index in [-0.39, 0.29) is 11.7 Å². The van der Waals surface area contributed by atoms with Crippen LogP contribution in [-0.4, -0.2) is 26.0 Å². The first-order valence-corrected chi connectivity index (χ1v) is 10.6. The molecular weight excluding hydrogens is 376 g/mol. The fraction of sp³-hybridized carbons (Fsp3) is 0.375. The molecule has 0 aliphatic rings. The van der Waals surface area contributed by atoms with Gasteiger partial charge in [-0.3, -0.25) is 4.79 Å². The number of allylic oxidation sites excluding steroid dienone is 1. The zero-order valence-electron chi connectivity index (χ0n) is 17.6. The van der Waals surface area contributed by atoms with Gasteiger partial charge in [0.1, 0.15) is 22.5 Å². The summed E-state index contributed by atoms with van der Waals surface area (Å²) in [6.07, 6.45) is 10.3. The van der Waals surface area contributed by atoms with Crippen molar-refractivity contribution < 1.29 is 9.90 Å². The van der Waals surface area contributed by atoms with Crippen LogP contribution in [0.2, 0.25) is 0 Å². The van der Waals surface area contributed by atoms with Crippen molar-refractivity contribution in [1.82, 2.24) is 15.0 Å². The number of unbranched alkanes of at least 4 members (excludes halogenated alkanes) is 6. The smallest absolute Gasteiger partial charge is 0.224 e. The maximum Gasteiger partial charge on any atom is 0.224 e. The largest absolute Gasteiger partial charge is 0.506 e. The van der Waals surface area contributed by atoms with E-state index >= 15 is 0 Å². The van der Waals surface area contributed by atoms with E-state index < -0.39 is 0 Å². The van der Waals surface area contributed by atoms with Crippen LogP contribution in [0, 0.1) is 6.92 Å². The van der Waals surface area contributed by atoms with Gasteiger partial charge in [-0.25, -0.2) is 0 Å². The molecule has 6 heteroatoms. The molecule has 0 fully saturated rings. The summed E-state index contributed by atoms with van der Waals surface area (Å²) in [7, 11) is 0. The highest BCUT2D eigenvalue weighted by molar-refractivity contribution is 5.91. The normalized spacial score (nSPS) is 11.0. The molecule has 3 aromatic rings. The molecule has 0 aliphatic carbocycles. The standard InChI is InChI=1S/C24H30N4O2/c1-3-4-5-6-7-8-9-10-11-24(30)25-19-13-15-22(23(29)17-19)28-26-20-14-12-18(2)16-21(20)27-28/h3,12-17,29H,1,4-11H2,2H3,(H,25,30). The van der Waals surface area contributed by atoms with Crippen LogP contribution in [0.4, 0.5) is 5.69 Å². The number of nitrogens with zero attached hydrogens (tertiary/aromatic N) is 3. The Bertz CT molecular complexity index is 1010. The Hall–Kier alpha value is -3.15. The number of nitrogens with one attached hydrogen (secondary N) is 1. The van der Waals surface area contributed by atoms with Gasteiger partial charge in [-0.05, 0) is 56.0 Å². The summed E-state index contributed by atoms with van der Waals surface area (Å²) >= 11 is 0. The van der Waals surface area contributed by atoms with Crippen LogP contribution >= 0.6 is 0 Å². The molecule has 0 unspecified atom stereocenters. The first-order chi connectivity index (χ1) is 14.6. The number of hydrogen-bond donors (Lipinski definition) is 2. The van der Waals surface area contributed by atoms with E-state index in [9.17, 15) is 9.90 Å². The van der Waals surface area contributed by atoms with Crippen molar-refractivity contribution in [2.24, 2.45) is 0 Å². The highest BCUT2D eigenvalue weighted by Gasteiger charge is 2.11. The summed E-state index contributed by atoms with van der Waals surface area (Å²) in [5.41, 5.74) is 3.67. The molecule has 2 N–H and O–H groups in total. The molecular formula is C24H30N4O2. The molecule has 1 amide bonds. The lowest BCUT2D eigenvalue weighted by Gasteiger charge is -2.08. The van der Waals surface area contributed by atoms with Crippen LogP contribution in [0.25, 0.3) is 16.7 Å². The van der Waals surface area contributed by atoms with E-state index in [0.717, 1.165) is 42.3 Å². The molecule has 6 nitrogen and oxygen atoms in total. The van der Waals surface area contributed by atoms with Crippen LogP contribution in [0.15, 0.2) is 49.1 Å². The Kier molecular flexibility index (Phi) is 7.60. The van der Waals surface area contributed by atoms with Gasteiger partial charge in [-0.1, -0.05) is 37.8 Å². The SMILES string of the molecule is C=CCCCCCCCCC(=O)Nc1ccc(-n2nc3ccc(C)cc3n2)c(O)c1. The van der Waals surface area contributed by atoms with Gasteiger partial charge < -0.3 is 10.4 Å². The minimum atomic E-state index is -0.0350. The number of aromatic nitrogens is 3. The van der Waals surface area contributed by atoms with Gasteiger partial charge in [0.05, 0.1) is 0 Å². The lowest BCUT2D eigenvalue weighted by atomic mass is 10.1. The number of aromatic hydroxyl groups is 1. The summed E-state index contributed by atoms with van der Waals surface area (Å²) < 4.78 is 0. The molecule has 1 aromatic heterocycles. The van der Waals surface area contributed by atoms with Gasteiger partial charge in [0.15, 0.2) is 0 Å². The lowest BCUT2D eigenvalue weighted by molar-refractivity contribution is -0.116. The van der Waals surface area contributed by atoms with Gasteiger partial charge in [0.2, 0.25) is 5.91 Å². The molecule has 3 rings (SSSR count). The Morgan fingerprint density at radius 1 is 1.03 bits per heavy atom. The second-order valence-electron chi connectivity index (χ2n) is 7.68. The van der Waals surface area contributed by atoms with Gasteiger partial charge in [-0.2, -0.15) is 0 Å². The topological polar surface area (TPSA) is 80.0 Å². The van der Waals surface area contributed by atoms with Gasteiger partial charge in [0, 0.05) is 18.2 Å². The van der Waals surface area contributed by atoms with Crippen LogP contribution in [0.3, 0.4) is 0 Å². The quantitative estimate of drug-likeness (QED) is 0.317. The van der Waals surface area contributed by atoms with Crippen molar-refractivity contribution in [2.75, 3.05) is 5.32 Å². The van der Waals surface area contributed by atoms with Crippen molar-refractivity contribution in [3.63, 3.8) is 0 Å². The van der Waals surface area contributed by atoms with Crippen molar-refractivity contribution in [2.45, 2.75) is 58.3 Å². The highest BCUT2D eigenvalue weighted by atomic mass is 16.3. The highest BCUT2D eigenvalue weighted by Crippen LogP contribution is 2.26. The number of fused-ring (bicyclic) bond motifs is 1. The Labute approximate surface area is 177 Å². The second-order valence-corrected chi connectivity index (χ2v) is 7.68. The third kappa shape index (κ3) is 5.92. The third-order valence-corrected chi connectivity index (χ3v) is 5.07. The summed E-state index contributed by atoms with van der Waals surface area (Å²) in [5, 5.41) is 22.1. The van der Waals surface area contributed by atoms with Gasteiger partial charge in [-0.15, -0.1) is 21.6 Å². The maximum absolute atomic E-state index is 12.2. The monoisotopic (exact) mass is 406 g/mol.